The number of halogens is 1. The number of hydrogen-bond acceptors (Lipinski definition) is 2. The van der Waals surface area contributed by atoms with Crippen LogP contribution in [-0.2, 0) is 0 Å². The number of rotatable bonds is 6. The van der Waals surface area contributed by atoms with E-state index in [1.807, 2.05) is 23.9 Å². The molecule has 0 aliphatic heterocycles. The predicted molar refractivity (Wildman–Crippen MR) is 89.5 cm³/mol. The SMILES string of the molecule is CCNC(c1ccc(SCC)cc1)c1ccc(C)c(F)c1. The van der Waals surface area contributed by atoms with Crippen LogP contribution in [-0.4, -0.2) is 12.3 Å². The topological polar surface area (TPSA) is 12.0 Å². The third kappa shape index (κ3) is 4.08. The first-order chi connectivity index (χ1) is 10.2. The molecule has 0 saturated carbocycles. The van der Waals surface area contributed by atoms with Crippen molar-refractivity contribution in [2.75, 3.05) is 12.3 Å². The Morgan fingerprint density at radius 2 is 1.71 bits per heavy atom. The molecule has 112 valence electrons. The average molecular weight is 303 g/mol. The van der Waals surface area contributed by atoms with Gasteiger partial charge in [-0.15, -0.1) is 11.8 Å². The second-order valence-electron chi connectivity index (χ2n) is 5.00. The maximum Gasteiger partial charge on any atom is 0.126 e. The highest BCUT2D eigenvalue weighted by Gasteiger charge is 2.14. The molecule has 21 heavy (non-hydrogen) atoms. The summed E-state index contributed by atoms with van der Waals surface area (Å²) in [7, 11) is 0. The van der Waals surface area contributed by atoms with Gasteiger partial charge in [-0.3, -0.25) is 0 Å². The first-order valence-electron chi connectivity index (χ1n) is 7.37. The summed E-state index contributed by atoms with van der Waals surface area (Å²) in [5.74, 6) is 0.924. The van der Waals surface area contributed by atoms with E-state index in [1.165, 1.54) is 10.5 Å². The average Bonchev–Trinajstić information content (AvgIpc) is 2.49. The number of benzene rings is 2. The van der Waals surface area contributed by atoms with E-state index >= 15 is 0 Å². The Bertz CT molecular complexity index is 580. The highest BCUT2D eigenvalue weighted by atomic mass is 32.2. The van der Waals surface area contributed by atoms with E-state index in [0.717, 1.165) is 17.9 Å². The Kier molecular flexibility index (Phi) is 5.83. The Morgan fingerprint density at radius 1 is 1.05 bits per heavy atom. The van der Waals surface area contributed by atoms with Gasteiger partial charge in [-0.2, -0.15) is 0 Å². The fraction of sp³-hybridized carbons (Fsp3) is 0.333. The molecule has 0 aliphatic rings. The van der Waals surface area contributed by atoms with Crippen molar-refractivity contribution >= 4 is 11.8 Å². The van der Waals surface area contributed by atoms with Gasteiger partial charge in [0, 0.05) is 4.90 Å². The fourth-order valence-electron chi connectivity index (χ4n) is 2.34. The Balaban J connectivity index is 2.31. The van der Waals surface area contributed by atoms with Gasteiger partial charge in [0.15, 0.2) is 0 Å². The minimum atomic E-state index is -0.145. The minimum absolute atomic E-state index is 0.0331. The van der Waals surface area contributed by atoms with Crippen LogP contribution in [0.2, 0.25) is 0 Å². The summed E-state index contributed by atoms with van der Waals surface area (Å²) < 4.78 is 13.8. The second kappa shape index (κ2) is 7.62. The van der Waals surface area contributed by atoms with Crippen molar-refractivity contribution < 1.29 is 4.39 Å². The molecule has 1 nitrogen and oxygen atoms in total. The van der Waals surface area contributed by atoms with Crippen LogP contribution in [0, 0.1) is 12.7 Å². The van der Waals surface area contributed by atoms with Crippen molar-refractivity contribution in [1.82, 2.24) is 5.32 Å². The smallest absolute Gasteiger partial charge is 0.126 e. The van der Waals surface area contributed by atoms with Crippen molar-refractivity contribution in [3.63, 3.8) is 0 Å². The molecule has 0 bridgehead atoms. The lowest BCUT2D eigenvalue weighted by Crippen LogP contribution is -2.22. The molecule has 0 radical (unpaired) electrons. The fourth-order valence-corrected chi connectivity index (χ4v) is 3.01. The molecular formula is C18H22FNS. The van der Waals surface area contributed by atoms with Crippen LogP contribution in [0.4, 0.5) is 4.39 Å². The van der Waals surface area contributed by atoms with E-state index in [1.54, 1.807) is 13.0 Å². The molecule has 1 N–H and O–H groups in total. The van der Waals surface area contributed by atoms with Crippen molar-refractivity contribution in [3.05, 3.63) is 65.0 Å². The van der Waals surface area contributed by atoms with Crippen molar-refractivity contribution in [3.8, 4) is 0 Å². The molecule has 0 fully saturated rings. The summed E-state index contributed by atoms with van der Waals surface area (Å²) in [5.41, 5.74) is 2.82. The summed E-state index contributed by atoms with van der Waals surface area (Å²) in [4.78, 5) is 1.27. The highest BCUT2D eigenvalue weighted by molar-refractivity contribution is 7.99. The number of nitrogens with one attached hydrogen (secondary N) is 1. The molecule has 0 heterocycles. The lowest BCUT2D eigenvalue weighted by molar-refractivity contribution is 0.597. The van der Waals surface area contributed by atoms with Crippen LogP contribution in [0.5, 0.6) is 0 Å². The van der Waals surface area contributed by atoms with Crippen LogP contribution in [0.25, 0.3) is 0 Å². The van der Waals surface area contributed by atoms with Gasteiger partial charge in [0.25, 0.3) is 0 Å². The van der Waals surface area contributed by atoms with Crippen LogP contribution < -0.4 is 5.32 Å². The zero-order valence-electron chi connectivity index (χ0n) is 12.8. The predicted octanol–water partition coefficient (Wildman–Crippen LogP) is 4.95. The summed E-state index contributed by atoms with van der Waals surface area (Å²) in [6.45, 7) is 6.84. The van der Waals surface area contributed by atoms with Gasteiger partial charge in [0.2, 0.25) is 0 Å². The largest absolute Gasteiger partial charge is 0.307 e. The third-order valence-corrected chi connectivity index (χ3v) is 4.36. The van der Waals surface area contributed by atoms with Crippen LogP contribution >= 0.6 is 11.8 Å². The molecule has 2 aromatic carbocycles. The van der Waals surface area contributed by atoms with Gasteiger partial charge in [0.1, 0.15) is 5.82 Å². The molecule has 0 aromatic heterocycles. The van der Waals surface area contributed by atoms with Gasteiger partial charge >= 0.3 is 0 Å². The Morgan fingerprint density at radius 3 is 2.29 bits per heavy atom. The van der Waals surface area contributed by atoms with Crippen molar-refractivity contribution in [2.45, 2.75) is 31.7 Å². The third-order valence-electron chi connectivity index (χ3n) is 3.46. The van der Waals surface area contributed by atoms with Gasteiger partial charge < -0.3 is 5.32 Å². The molecule has 0 spiro atoms. The van der Waals surface area contributed by atoms with Crippen molar-refractivity contribution in [1.29, 1.82) is 0 Å². The molecular weight excluding hydrogens is 281 g/mol. The summed E-state index contributed by atoms with van der Waals surface area (Å²) in [5, 5.41) is 3.44. The summed E-state index contributed by atoms with van der Waals surface area (Å²) >= 11 is 1.83. The van der Waals surface area contributed by atoms with Crippen LogP contribution in [0.1, 0.15) is 36.6 Å². The highest BCUT2D eigenvalue weighted by Crippen LogP contribution is 2.26. The lowest BCUT2D eigenvalue weighted by Gasteiger charge is -2.19. The van der Waals surface area contributed by atoms with E-state index in [0.29, 0.717) is 5.56 Å². The van der Waals surface area contributed by atoms with Crippen LogP contribution in [0.3, 0.4) is 0 Å². The maximum absolute atomic E-state index is 13.8. The molecule has 0 saturated heterocycles. The van der Waals surface area contributed by atoms with E-state index in [4.69, 9.17) is 0 Å². The molecule has 0 amide bonds. The molecule has 1 atom stereocenters. The van der Waals surface area contributed by atoms with Crippen LogP contribution in [0.15, 0.2) is 47.4 Å². The Labute approximate surface area is 131 Å². The maximum atomic E-state index is 13.8. The zero-order chi connectivity index (χ0) is 15.2. The van der Waals surface area contributed by atoms with E-state index in [9.17, 15) is 4.39 Å². The second-order valence-corrected chi connectivity index (χ2v) is 6.34. The van der Waals surface area contributed by atoms with E-state index < -0.39 is 0 Å². The minimum Gasteiger partial charge on any atom is -0.307 e. The number of aryl methyl sites for hydroxylation is 1. The first kappa shape index (κ1) is 16.1. The van der Waals surface area contributed by atoms with Gasteiger partial charge in [-0.1, -0.05) is 38.1 Å². The molecule has 2 aromatic rings. The lowest BCUT2D eigenvalue weighted by atomic mass is 9.97. The zero-order valence-corrected chi connectivity index (χ0v) is 13.6. The Hall–Kier alpha value is -1.32. The van der Waals surface area contributed by atoms with Crippen molar-refractivity contribution in [2.24, 2.45) is 0 Å². The molecule has 1 unspecified atom stereocenters. The molecule has 3 heteroatoms. The van der Waals surface area contributed by atoms with Gasteiger partial charge in [-0.25, -0.2) is 4.39 Å². The van der Waals surface area contributed by atoms with E-state index in [2.05, 4.69) is 43.4 Å². The van der Waals surface area contributed by atoms with Gasteiger partial charge in [0.05, 0.1) is 6.04 Å². The number of thioether (sulfide) groups is 1. The summed E-state index contributed by atoms with van der Waals surface area (Å²) in [6.07, 6.45) is 0. The van der Waals surface area contributed by atoms with Gasteiger partial charge in [-0.05, 0) is 54.1 Å². The standard InChI is InChI=1S/C18H22FNS/c1-4-20-18(15-7-6-13(3)17(19)12-15)14-8-10-16(11-9-14)21-5-2/h6-12,18,20H,4-5H2,1-3H3. The molecule has 0 aliphatic carbocycles. The van der Waals surface area contributed by atoms with E-state index in [-0.39, 0.29) is 11.9 Å². The number of hydrogen-bond donors (Lipinski definition) is 1. The molecule has 2 rings (SSSR count). The normalized spacial score (nSPS) is 12.4. The first-order valence-corrected chi connectivity index (χ1v) is 8.36. The monoisotopic (exact) mass is 303 g/mol. The quantitative estimate of drug-likeness (QED) is 0.758. The summed E-state index contributed by atoms with van der Waals surface area (Å²) in [6, 6.07) is 14.0.